The number of dihydropyridines is 1. The number of halogens is 1. The number of imidazole rings is 1. The van der Waals surface area contributed by atoms with E-state index in [1.807, 2.05) is 48.8 Å². The zero-order valence-corrected chi connectivity index (χ0v) is 16.9. The first-order valence-corrected chi connectivity index (χ1v) is 10.1. The van der Waals surface area contributed by atoms with Crippen molar-refractivity contribution in [2.24, 2.45) is 0 Å². The van der Waals surface area contributed by atoms with Gasteiger partial charge in [-0.05, 0) is 56.2 Å². The van der Waals surface area contributed by atoms with Gasteiger partial charge >= 0.3 is 0 Å². The fraction of sp³-hybridized carbons (Fsp3) is 0.364. The molecule has 28 heavy (non-hydrogen) atoms. The number of carbonyl (C=O) groups excluding carboxylic acids is 1. The van der Waals surface area contributed by atoms with Crippen molar-refractivity contribution >= 4 is 17.5 Å². The minimum Gasteiger partial charge on any atom is -0.382 e. The summed E-state index contributed by atoms with van der Waals surface area (Å²) < 4.78 is 0. The highest BCUT2D eigenvalue weighted by atomic mass is 35.5. The summed E-state index contributed by atoms with van der Waals surface area (Å²) in [6.45, 7) is 2.80. The number of aromatic amines is 1. The molecule has 1 amide bonds. The van der Waals surface area contributed by atoms with E-state index in [4.69, 9.17) is 11.6 Å². The molecule has 1 aromatic carbocycles. The molecule has 2 atom stereocenters. The fourth-order valence-electron chi connectivity index (χ4n) is 3.52. The number of unbranched alkanes of at least 4 members (excludes halogenated alkanes) is 1. The quantitative estimate of drug-likeness (QED) is 0.557. The molecule has 0 radical (unpaired) electrons. The summed E-state index contributed by atoms with van der Waals surface area (Å²) in [5, 5.41) is 7.18. The maximum Gasteiger partial charge on any atom is 0.220 e. The van der Waals surface area contributed by atoms with Gasteiger partial charge in [-0.25, -0.2) is 4.98 Å². The maximum absolute atomic E-state index is 12.6. The van der Waals surface area contributed by atoms with Crippen molar-refractivity contribution in [3.8, 4) is 0 Å². The van der Waals surface area contributed by atoms with Gasteiger partial charge in [-0.3, -0.25) is 4.79 Å². The number of benzene rings is 1. The molecule has 3 rings (SSSR count). The monoisotopic (exact) mass is 398 g/mol. The van der Waals surface area contributed by atoms with Crippen LogP contribution < -0.4 is 10.6 Å². The first-order chi connectivity index (χ1) is 13.6. The van der Waals surface area contributed by atoms with E-state index in [1.165, 1.54) is 0 Å². The lowest BCUT2D eigenvalue weighted by molar-refractivity contribution is -0.121. The molecule has 6 heteroatoms. The number of allylic oxidation sites excluding steroid dienone is 2. The number of carbonyl (C=O) groups is 1. The van der Waals surface area contributed by atoms with E-state index < -0.39 is 0 Å². The lowest BCUT2D eigenvalue weighted by Crippen LogP contribution is -2.45. The Bertz CT molecular complexity index is 814. The smallest absolute Gasteiger partial charge is 0.220 e. The normalized spacial score (nSPS) is 19.2. The molecule has 0 saturated heterocycles. The number of rotatable bonds is 9. The van der Waals surface area contributed by atoms with Crippen molar-refractivity contribution in [2.75, 3.05) is 6.54 Å². The van der Waals surface area contributed by atoms with Gasteiger partial charge in [0.05, 0.1) is 11.9 Å². The molecule has 1 aromatic heterocycles. The van der Waals surface area contributed by atoms with Crippen LogP contribution in [0.15, 0.2) is 61.2 Å². The largest absolute Gasteiger partial charge is 0.382 e. The van der Waals surface area contributed by atoms with Gasteiger partial charge in [0.25, 0.3) is 0 Å². The third-order valence-electron chi connectivity index (χ3n) is 5.18. The molecule has 2 heterocycles. The van der Waals surface area contributed by atoms with Gasteiger partial charge in [-0.1, -0.05) is 35.9 Å². The highest BCUT2D eigenvalue weighted by molar-refractivity contribution is 6.30. The Morgan fingerprint density at radius 1 is 1.25 bits per heavy atom. The summed E-state index contributed by atoms with van der Waals surface area (Å²) in [7, 11) is 0. The SMILES string of the molecule is CC1(C(CC(=O)NCCCCc2cnc[nH]2)c2ccc(Cl)cc2)C=CC=CN1. The Labute approximate surface area is 171 Å². The minimum atomic E-state index is -0.333. The second-order valence-corrected chi connectivity index (χ2v) is 7.77. The van der Waals surface area contributed by atoms with Gasteiger partial charge in [-0.15, -0.1) is 0 Å². The summed E-state index contributed by atoms with van der Waals surface area (Å²) in [5.41, 5.74) is 1.89. The van der Waals surface area contributed by atoms with Gasteiger partial charge < -0.3 is 15.6 Å². The average Bonchev–Trinajstić information content (AvgIpc) is 3.21. The molecule has 2 aromatic rings. The van der Waals surface area contributed by atoms with E-state index in [0.717, 1.165) is 30.5 Å². The molecular weight excluding hydrogens is 372 g/mol. The molecule has 0 fully saturated rings. The maximum atomic E-state index is 12.6. The van der Waals surface area contributed by atoms with Crippen LogP contribution in [0.5, 0.6) is 0 Å². The third-order valence-corrected chi connectivity index (χ3v) is 5.43. The zero-order valence-electron chi connectivity index (χ0n) is 16.1. The van der Waals surface area contributed by atoms with Crippen molar-refractivity contribution < 1.29 is 4.79 Å². The van der Waals surface area contributed by atoms with Crippen molar-refractivity contribution in [1.29, 1.82) is 0 Å². The van der Waals surface area contributed by atoms with Crippen molar-refractivity contribution in [1.82, 2.24) is 20.6 Å². The fourth-order valence-corrected chi connectivity index (χ4v) is 3.65. The third kappa shape index (κ3) is 5.49. The van der Waals surface area contributed by atoms with Gasteiger partial charge in [-0.2, -0.15) is 0 Å². The molecule has 1 aliphatic heterocycles. The summed E-state index contributed by atoms with van der Waals surface area (Å²) in [4.78, 5) is 19.8. The summed E-state index contributed by atoms with van der Waals surface area (Å²) in [6.07, 6.45) is 14.9. The number of H-pyrrole nitrogens is 1. The van der Waals surface area contributed by atoms with E-state index in [9.17, 15) is 4.79 Å². The lowest BCUT2D eigenvalue weighted by Gasteiger charge is -2.37. The Kier molecular flexibility index (Phi) is 6.93. The molecule has 148 valence electrons. The second-order valence-electron chi connectivity index (χ2n) is 7.34. The van der Waals surface area contributed by atoms with Gasteiger partial charge in [0.1, 0.15) is 0 Å². The summed E-state index contributed by atoms with van der Waals surface area (Å²) >= 11 is 6.05. The Morgan fingerprint density at radius 3 is 2.75 bits per heavy atom. The molecule has 5 nitrogen and oxygen atoms in total. The van der Waals surface area contributed by atoms with Crippen molar-refractivity contribution in [3.05, 3.63) is 77.5 Å². The highest BCUT2D eigenvalue weighted by Crippen LogP contribution is 2.34. The van der Waals surface area contributed by atoms with Crippen LogP contribution in [0.2, 0.25) is 5.02 Å². The number of aromatic nitrogens is 2. The molecule has 0 spiro atoms. The standard InChI is InChI=1S/C22H27ClN4O/c1-22(11-3-5-13-27-22)20(17-7-9-18(23)10-8-17)14-21(28)25-12-4-2-6-19-15-24-16-26-19/h3,5,7-11,13,15-16,20,27H,2,4,6,12,14H2,1H3,(H,24,26)(H,25,28). The first kappa shape index (κ1) is 20.2. The van der Waals surface area contributed by atoms with E-state index in [0.29, 0.717) is 18.0 Å². The summed E-state index contributed by atoms with van der Waals surface area (Å²) in [5.74, 6) is 0.0587. The molecule has 3 N–H and O–H groups in total. The van der Waals surface area contributed by atoms with Crippen LogP contribution in [0, 0.1) is 0 Å². The number of nitrogens with one attached hydrogen (secondary N) is 3. The number of hydrogen-bond acceptors (Lipinski definition) is 3. The topological polar surface area (TPSA) is 69.8 Å². The van der Waals surface area contributed by atoms with Crippen LogP contribution in [0.1, 0.15) is 43.4 Å². The van der Waals surface area contributed by atoms with Crippen molar-refractivity contribution in [2.45, 2.75) is 44.1 Å². The van der Waals surface area contributed by atoms with E-state index in [1.54, 1.807) is 6.33 Å². The molecule has 2 unspecified atom stereocenters. The predicted molar refractivity (Wildman–Crippen MR) is 113 cm³/mol. The van der Waals surface area contributed by atoms with Crippen LogP contribution in [-0.4, -0.2) is 28.0 Å². The van der Waals surface area contributed by atoms with Crippen LogP contribution >= 0.6 is 11.6 Å². The zero-order chi connectivity index (χ0) is 19.8. The molecule has 0 saturated carbocycles. The predicted octanol–water partition coefficient (Wildman–Crippen LogP) is 4.11. The number of aryl methyl sites for hydroxylation is 1. The number of amides is 1. The van der Waals surface area contributed by atoms with Crippen molar-refractivity contribution in [3.63, 3.8) is 0 Å². The van der Waals surface area contributed by atoms with Gasteiger partial charge in [0.2, 0.25) is 5.91 Å². The second kappa shape index (κ2) is 9.60. The lowest BCUT2D eigenvalue weighted by atomic mass is 9.77. The van der Waals surface area contributed by atoms with Crippen LogP contribution in [0.3, 0.4) is 0 Å². The Morgan fingerprint density at radius 2 is 2.07 bits per heavy atom. The van der Waals surface area contributed by atoms with Crippen LogP contribution in [0.25, 0.3) is 0 Å². The van der Waals surface area contributed by atoms with E-state index in [2.05, 4.69) is 33.6 Å². The van der Waals surface area contributed by atoms with Gasteiger partial charge in [0, 0.05) is 35.8 Å². The molecule has 0 bridgehead atoms. The van der Waals surface area contributed by atoms with Gasteiger partial charge in [0.15, 0.2) is 0 Å². The highest BCUT2D eigenvalue weighted by Gasteiger charge is 2.34. The van der Waals surface area contributed by atoms with E-state index >= 15 is 0 Å². The Balaban J connectivity index is 1.56. The number of nitrogens with zero attached hydrogens (tertiary/aromatic N) is 1. The molecule has 1 aliphatic rings. The molecular formula is C22H27ClN4O. The van der Waals surface area contributed by atoms with E-state index in [-0.39, 0.29) is 17.4 Å². The minimum absolute atomic E-state index is 0.00374. The average molecular weight is 399 g/mol. The van der Waals surface area contributed by atoms with Crippen LogP contribution in [0.4, 0.5) is 0 Å². The molecule has 0 aliphatic carbocycles. The number of hydrogen-bond donors (Lipinski definition) is 3. The first-order valence-electron chi connectivity index (χ1n) is 9.68. The van der Waals surface area contributed by atoms with Crippen LogP contribution in [-0.2, 0) is 11.2 Å². The Hall–Kier alpha value is -2.53. The summed E-state index contributed by atoms with van der Waals surface area (Å²) in [6, 6.07) is 7.76.